The van der Waals surface area contributed by atoms with Gasteiger partial charge < -0.3 is 19.9 Å². The Morgan fingerprint density at radius 3 is 2.48 bits per heavy atom. The van der Waals surface area contributed by atoms with Crippen LogP contribution in [0.15, 0.2) is 54.6 Å². The molecule has 5 heteroatoms. The summed E-state index contributed by atoms with van der Waals surface area (Å²) in [7, 11) is 0. The highest BCUT2D eigenvalue weighted by Crippen LogP contribution is 2.26. The molecule has 25 heavy (non-hydrogen) atoms. The fourth-order valence-electron chi connectivity index (χ4n) is 3.08. The largest absolute Gasteiger partial charge is 0.378 e. The maximum Gasteiger partial charge on any atom is 0.246 e. The second-order valence-corrected chi connectivity index (χ2v) is 5.94. The van der Waals surface area contributed by atoms with E-state index in [1.54, 1.807) is 4.90 Å². The molecule has 1 aliphatic heterocycles. The number of benzene rings is 2. The van der Waals surface area contributed by atoms with Gasteiger partial charge in [0.05, 0.1) is 31.1 Å². The molecule has 0 radical (unpaired) electrons. The third-order valence-electron chi connectivity index (χ3n) is 4.37. The van der Waals surface area contributed by atoms with E-state index in [2.05, 4.69) is 16.3 Å². The minimum absolute atomic E-state index is 0.0606. The maximum atomic E-state index is 12.7. The van der Waals surface area contributed by atoms with Crippen LogP contribution in [0.5, 0.6) is 0 Å². The van der Waals surface area contributed by atoms with Crippen molar-refractivity contribution in [3.8, 4) is 0 Å². The van der Waals surface area contributed by atoms with Crippen molar-refractivity contribution >= 4 is 23.0 Å². The first kappa shape index (κ1) is 17.3. The summed E-state index contributed by atoms with van der Waals surface area (Å²) < 4.78 is 5.43. The number of rotatable bonds is 6. The van der Waals surface area contributed by atoms with E-state index in [0.29, 0.717) is 6.54 Å². The van der Waals surface area contributed by atoms with Crippen LogP contribution in [-0.4, -0.2) is 45.3 Å². The Labute approximate surface area is 149 Å². The Bertz CT molecular complexity index is 684. The number of hydrogen-bond donors (Lipinski definition) is 1. The van der Waals surface area contributed by atoms with E-state index in [-0.39, 0.29) is 12.5 Å². The van der Waals surface area contributed by atoms with E-state index < -0.39 is 0 Å². The van der Waals surface area contributed by atoms with Crippen molar-refractivity contribution in [2.75, 3.05) is 54.5 Å². The zero-order valence-corrected chi connectivity index (χ0v) is 14.6. The molecule has 0 spiro atoms. The predicted octanol–water partition coefficient (Wildman–Crippen LogP) is 2.99. The van der Waals surface area contributed by atoms with E-state index in [1.807, 2.05) is 55.5 Å². The van der Waals surface area contributed by atoms with Gasteiger partial charge in [0, 0.05) is 25.3 Å². The van der Waals surface area contributed by atoms with Crippen LogP contribution < -0.4 is 15.1 Å². The molecule has 0 atom stereocenters. The van der Waals surface area contributed by atoms with Gasteiger partial charge in [-0.15, -0.1) is 0 Å². The normalized spacial score (nSPS) is 14.2. The van der Waals surface area contributed by atoms with Crippen molar-refractivity contribution in [1.82, 2.24) is 0 Å². The van der Waals surface area contributed by atoms with Crippen LogP contribution in [0.3, 0.4) is 0 Å². The highest BCUT2D eigenvalue weighted by atomic mass is 16.5. The van der Waals surface area contributed by atoms with E-state index in [9.17, 15) is 4.79 Å². The van der Waals surface area contributed by atoms with Gasteiger partial charge in [0.1, 0.15) is 0 Å². The summed E-state index contributed by atoms with van der Waals surface area (Å²) in [6.45, 7) is 6.14. The van der Waals surface area contributed by atoms with Crippen LogP contribution in [0.4, 0.5) is 17.1 Å². The van der Waals surface area contributed by atoms with Gasteiger partial charge in [0.2, 0.25) is 5.91 Å². The number of amides is 1. The minimum atomic E-state index is 0.0606. The van der Waals surface area contributed by atoms with E-state index >= 15 is 0 Å². The van der Waals surface area contributed by atoms with Crippen molar-refractivity contribution < 1.29 is 9.53 Å². The Kier molecular flexibility index (Phi) is 5.90. The fourth-order valence-corrected chi connectivity index (χ4v) is 3.08. The highest BCUT2D eigenvalue weighted by molar-refractivity contribution is 5.96. The summed E-state index contributed by atoms with van der Waals surface area (Å²) in [6, 6.07) is 17.9. The van der Waals surface area contributed by atoms with Gasteiger partial charge in [0.15, 0.2) is 0 Å². The number of ether oxygens (including phenoxy) is 1. The Morgan fingerprint density at radius 2 is 1.76 bits per heavy atom. The number of morpholine rings is 1. The number of nitrogens with zero attached hydrogens (tertiary/aromatic N) is 2. The Hall–Kier alpha value is -2.53. The van der Waals surface area contributed by atoms with E-state index in [1.165, 1.54) is 0 Å². The van der Waals surface area contributed by atoms with Crippen LogP contribution in [0.2, 0.25) is 0 Å². The molecule has 0 unspecified atom stereocenters. The second-order valence-electron chi connectivity index (χ2n) is 5.94. The number of carbonyl (C=O) groups excluding carboxylic acids is 1. The second kappa shape index (κ2) is 8.53. The number of anilines is 3. The summed E-state index contributed by atoms with van der Waals surface area (Å²) in [5, 5.41) is 3.32. The number of carbonyl (C=O) groups is 1. The molecule has 1 N–H and O–H groups in total. The standard InChI is InChI=1S/C20H25N3O2/c1-2-23(17-8-4-3-5-9-17)20(24)16-21-18-10-6-7-11-19(18)22-12-14-25-15-13-22/h3-11,21H,2,12-16H2,1H3. The van der Waals surface area contributed by atoms with Gasteiger partial charge in [-0.25, -0.2) is 0 Å². The molecule has 1 aliphatic rings. The molecule has 2 aromatic rings. The SMILES string of the molecule is CCN(C(=O)CNc1ccccc1N1CCOCC1)c1ccccc1. The molecule has 132 valence electrons. The third-order valence-corrected chi connectivity index (χ3v) is 4.37. The van der Waals surface area contributed by atoms with Crippen LogP contribution in [0, 0.1) is 0 Å². The van der Waals surface area contributed by atoms with Gasteiger partial charge >= 0.3 is 0 Å². The first-order valence-corrected chi connectivity index (χ1v) is 8.80. The molecule has 1 amide bonds. The van der Waals surface area contributed by atoms with Crippen molar-refractivity contribution in [2.45, 2.75) is 6.92 Å². The zero-order valence-electron chi connectivity index (χ0n) is 14.6. The van der Waals surface area contributed by atoms with Gasteiger partial charge in [-0.3, -0.25) is 4.79 Å². The molecule has 1 heterocycles. The lowest BCUT2D eigenvalue weighted by Crippen LogP contribution is -2.37. The number of para-hydroxylation sites is 3. The Morgan fingerprint density at radius 1 is 1.08 bits per heavy atom. The van der Waals surface area contributed by atoms with Crippen LogP contribution in [0.1, 0.15) is 6.92 Å². The number of likely N-dealkylation sites (N-methyl/N-ethyl adjacent to an activating group) is 1. The van der Waals surface area contributed by atoms with E-state index in [0.717, 1.165) is 43.4 Å². The number of hydrogen-bond acceptors (Lipinski definition) is 4. The smallest absolute Gasteiger partial charge is 0.246 e. The average Bonchev–Trinajstić information content (AvgIpc) is 2.69. The third kappa shape index (κ3) is 4.31. The van der Waals surface area contributed by atoms with Gasteiger partial charge in [-0.2, -0.15) is 0 Å². The van der Waals surface area contributed by atoms with Crippen LogP contribution in [-0.2, 0) is 9.53 Å². The average molecular weight is 339 g/mol. The van der Waals surface area contributed by atoms with Crippen molar-refractivity contribution in [2.24, 2.45) is 0 Å². The summed E-state index contributed by atoms with van der Waals surface area (Å²) in [4.78, 5) is 16.8. The molecule has 0 bridgehead atoms. The molecular weight excluding hydrogens is 314 g/mol. The molecule has 3 rings (SSSR count). The predicted molar refractivity (Wildman–Crippen MR) is 102 cm³/mol. The molecule has 5 nitrogen and oxygen atoms in total. The van der Waals surface area contributed by atoms with Gasteiger partial charge in [-0.1, -0.05) is 30.3 Å². The topological polar surface area (TPSA) is 44.8 Å². The number of nitrogens with one attached hydrogen (secondary N) is 1. The lowest BCUT2D eigenvalue weighted by Gasteiger charge is -2.31. The minimum Gasteiger partial charge on any atom is -0.378 e. The summed E-state index contributed by atoms with van der Waals surface area (Å²) in [6.07, 6.45) is 0. The van der Waals surface area contributed by atoms with Crippen LogP contribution >= 0.6 is 0 Å². The molecule has 0 saturated carbocycles. The first-order chi connectivity index (χ1) is 12.3. The van der Waals surface area contributed by atoms with Gasteiger partial charge in [-0.05, 0) is 31.2 Å². The molecule has 1 fully saturated rings. The quantitative estimate of drug-likeness (QED) is 0.879. The zero-order chi connectivity index (χ0) is 17.5. The van der Waals surface area contributed by atoms with Crippen molar-refractivity contribution in [3.63, 3.8) is 0 Å². The highest BCUT2D eigenvalue weighted by Gasteiger charge is 2.17. The molecule has 0 aliphatic carbocycles. The lowest BCUT2D eigenvalue weighted by atomic mass is 10.2. The maximum absolute atomic E-state index is 12.7. The summed E-state index contributed by atoms with van der Waals surface area (Å²) in [5.74, 6) is 0.0606. The summed E-state index contributed by atoms with van der Waals surface area (Å²) >= 11 is 0. The van der Waals surface area contributed by atoms with Crippen molar-refractivity contribution in [1.29, 1.82) is 0 Å². The monoisotopic (exact) mass is 339 g/mol. The lowest BCUT2D eigenvalue weighted by molar-refractivity contribution is -0.116. The molecule has 2 aromatic carbocycles. The molecule has 0 aromatic heterocycles. The van der Waals surface area contributed by atoms with E-state index in [4.69, 9.17) is 4.74 Å². The van der Waals surface area contributed by atoms with Crippen molar-refractivity contribution in [3.05, 3.63) is 54.6 Å². The first-order valence-electron chi connectivity index (χ1n) is 8.80. The molecular formula is C20H25N3O2. The molecule has 1 saturated heterocycles. The Balaban J connectivity index is 1.67. The summed E-state index contributed by atoms with van der Waals surface area (Å²) in [5.41, 5.74) is 3.04. The van der Waals surface area contributed by atoms with Gasteiger partial charge in [0.25, 0.3) is 0 Å². The fraction of sp³-hybridized carbons (Fsp3) is 0.350. The van der Waals surface area contributed by atoms with Crippen LogP contribution in [0.25, 0.3) is 0 Å².